The first-order valence-corrected chi connectivity index (χ1v) is 13.1. The second kappa shape index (κ2) is 12.8. The summed E-state index contributed by atoms with van der Waals surface area (Å²) in [7, 11) is 0. The zero-order valence-electron chi connectivity index (χ0n) is 22.4. The lowest BCUT2D eigenvalue weighted by atomic mass is 9.75. The summed E-state index contributed by atoms with van der Waals surface area (Å²) in [5, 5.41) is 145. The van der Waals surface area contributed by atoms with Gasteiger partial charge in [-0.2, -0.15) is 0 Å². The van der Waals surface area contributed by atoms with Crippen molar-refractivity contribution in [3.8, 4) is 0 Å². The SMILES string of the molecule is O=C(O)C1OC(OC2C(O)C(O)COC2C(O)C2=C(O)C(O)(C3OC(CO)C(O)C(O)C3O)C(=O)C=C2O)C(O)C(O)C1O. The van der Waals surface area contributed by atoms with Crippen LogP contribution >= 0.6 is 0 Å². The van der Waals surface area contributed by atoms with Crippen LogP contribution in [-0.4, -0.2) is 194 Å². The predicted molar refractivity (Wildman–Crippen MR) is 131 cm³/mol. The summed E-state index contributed by atoms with van der Waals surface area (Å²) in [6.07, 6.45) is -31.2. The van der Waals surface area contributed by atoms with E-state index in [1.54, 1.807) is 0 Å². The van der Waals surface area contributed by atoms with E-state index in [2.05, 4.69) is 0 Å². The van der Waals surface area contributed by atoms with Crippen LogP contribution < -0.4 is 0 Å². The monoisotopic (exact) mass is 642 g/mol. The smallest absolute Gasteiger partial charge is 0.335 e. The number of aliphatic hydroxyl groups is 13. The van der Waals surface area contributed by atoms with Crippen molar-refractivity contribution in [2.75, 3.05) is 13.2 Å². The van der Waals surface area contributed by atoms with Gasteiger partial charge in [0.1, 0.15) is 90.9 Å². The number of carbonyl (C=O) groups is 2. The predicted octanol–water partition coefficient (Wildman–Crippen LogP) is -7.84. The van der Waals surface area contributed by atoms with Gasteiger partial charge >= 0.3 is 5.97 Å². The van der Waals surface area contributed by atoms with E-state index in [-0.39, 0.29) is 6.08 Å². The summed E-state index contributed by atoms with van der Waals surface area (Å²) in [5.74, 6) is -6.12. The molecular formula is C24H34O20. The average molecular weight is 643 g/mol. The first kappa shape index (κ1) is 34.5. The Hall–Kier alpha value is -2.38. The first-order chi connectivity index (χ1) is 20.5. The second-order valence-electron chi connectivity index (χ2n) is 10.8. The third-order valence-corrected chi connectivity index (χ3v) is 8.06. The number of carboxylic acids is 1. The summed E-state index contributed by atoms with van der Waals surface area (Å²) < 4.78 is 20.9. The van der Waals surface area contributed by atoms with Gasteiger partial charge in [-0.05, 0) is 0 Å². The van der Waals surface area contributed by atoms with Gasteiger partial charge in [-0.3, -0.25) is 4.79 Å². The molecule has 16 unspecified atom stereocenters. The normalized spacial score (nSPS) is 47.7. The lowest BCUT2D eigenvalue weighted by Gasteiger charge is -2.47. The van der Waals surface area contributed by atoms with Gasteiger partial charge in [0.2, 0.25) is 11.4 Å². The Kier molecular flexibility index (Phi) is 10.0. The molecule has 20 nitrogen and oxygen atoms in total. The molecule has 3 heterocycles. The molecular weight excluding hydrogens is 608 g/mol. The van der Waals surface area contributed by atoms with Crippen LogP contribution in [0.3, 0.4) is 0 Å². The van der Waals surface area contributed by atoms with E-state index >= 15 is 0 Å². The fourth-order valence-electron chi connectivity index (χ4n) is 5.50. The minimum Gasteiger partial charge on any atom is -0.508 e. The number of hydrogen-bond acceptors (Lipinski definition) is 19. The molecule has 0 aromatic rings. The minimum absolute atomic E-state index is 0.285. The van der Waals surface area contributed by atoms with Crippen molar-refractivity contribution in [2.45, 2.75) is 97.3 Å². The molecule has 3 aliphatic heterocycles. The highest BCUT2D eigenvalue weighted by Crippen LogP contribution is 2.40. The fraction of sp³-hybridized carbons (Fsp3) is 0.750. The van der Waals surface area contributed by atoms with Crippen molar-refractivity contribution in [3.05, 3.63) is 23.2 Å². The van der Waals surface area contributed by atoms with Crippen molar-refractivity contribution < 1.29 is 100 Å². The number of carboxylic acid groups (broad SMARTS) is 1. The zero-order chi connectivity index (χ0) is 33.0. The maximum absolute atomic E-state index is 12.9. The molecule has 4 rings (SSSR count). The van der Waals surface area contributed by atoms with Crippen LogP contribution in [0, 0.1) is 0 Å². The molecule has 0 saturated carbocycles. The van der Waals surface area contributed by atoms with Crippen LogP contribution in [-0.2, 0) is 28.5 Å². The molecule has 3 saturated heterocycles. The summed E-state index contributed by atoms with van der Waals surface area (Å²) in [6, 6.07) is 0. The summed E-state index contributed by atoms with van der Waals surface area (Å²) in [4.78, 5) is 24.3. The zero-order valence-corrected chi connectivity index (χ0v) is 22.4. The first-order valence-electron chi connectivity index (χ1n) is 13.1. The topological polar surface area (TPSA) is 354 Å². The molecule has 4 aliphatic rings. The van der Waals surface area contributed by atoms with Crippen molar-refractivity contribution in [3.63, 3.8) is 0 Å². The molecule has 20 heteroatoms. The van der Waals surface area contributed by atoms with Crippen LogP contribution in [0.15, 0.2) is 23.2 Å². The van der Waals surface area contributed by atoms with Gasteiger partial charge in [0.25, 0.3) is 0 Å². The molecule has 0 aromatic carbocycles. The number of aliphatic carboxylic acids is 1. The van der Waals surface area contributed by atoms with Gasteiger partial charge in [0, 0.05) is 6.08 Å². The minimum atomic E-state index is -3.39. The maximum atomic E-state index is 12.9. The van der Waals surface area contributed by atoms with Crippen LogP contribution in [0.2, 0.25) is 0 Å². The quantitative estimate of drug-likeness (QED) is 0.122. The summed E-state index contributed by atoms with van der Waals surface area (Å²) in [6.45, 7) is -1.74. The third-order valence-electron chi connectivity index (χ3n) is 8.06. The molecule has 3 fully saturated rings. The molecule has 0 aromatic heterocycles. The van der Waals surface area contributed by atoms with E-state index in [1.807, 2.05) is 0 Å². The van der Waals surface area contributed by atoms with Crippen LogP contribution in [0.25, 0.3) is 0 Å². The standard InChI is InChI=1S/C24H34O20/c25-2-6-10(30)12(32)15(35)21(42-6)24(40)7(28)1-4(26)8(20(24)37)11(31)17-18(9(29)5(27)3-41-17)43-23-16(36)13(33)14(34)19(44-23)22(38)39/h1,5-6,9-19,21,23,25-27,29-37,40H,2-3H2,(H,38,39). The molecule has 0 bridgehead atoms. The summed E-state index contributed by atoms with van der Waals surface area (Å²) >= 11 is 0. The Bertz CT molecular complexity index is 1160. The highest BCUT2D eigenvalue weighted by atomic mass is 16.7. The van der Waals surface area contributed by atoms with Gasteiger partial charge in [-0.1, -0.05) is 0 Å². The molecule has 250 valence electrons. The molecule has 0 spiro atoms. The molecule has 16 atom stereocenters. The summed E-state index contributed by atoms with van der Waals surface area (Å²) in [5.41, 5.74) is -4.49. The Morgan fingerprint density at radius 3 is 2.14 bits per heavy atom. The van der Waals surface area contributed by atoms with Gasteiger partial charge in [-0.25, -0.2) is 4.79 Å². The highest BCUT2D eigenvalue weighted by Gasteiger charge is 2.61. The van der Waals surface area contributed by atoms with E-state index in [1.165, 1.54) is 0 Å². The van der Waals surface area contributed by atoms with Gasteiger partial charge < -0.3 is 90.4 Å². The van der Waals surface area contributed by atoms with Gasteiger partial charge in [-0.15, -0.1) is 0 Å². The van der Waals surface area contributed by atoms with Gasteiger partial charge in [0.15, 0.2) is 12.4 Å². The Morgan fingerprint density at radius 1 is 0.932 bits per heavy atom. The van der Waals surface area contributed by atoms with E-state index in [4.69, 9.17) is 18.9 Å². The van der Waals surface area contributed by atoms with Crippen molar-refractivity contribution in [2.24, 2.45) is 0 Å². The second-order valence-corrected chi connectivity index (χ2v) is 10.8. The lowest BCUT2D eigenvalue weighted by molar-refractivity contribution is -0.333. The Labute approximate surface area is 246 Å². The number of hydrogen-bond donors (Lipinski definition) is 14. The van der Waals surface area contributed by atoms with E-state index < -0.39 is 139 Å². The van der Waals surface area contributed by atoms with Gasteiger partial charge in [0.05, 0.1) is 18.8 Å². The third kappa shape index (κ3) is 5.61. The molecule has 0 radical (unpaired) electrons. The number of carbonyl (C=O) groups excluding carboxylic acids is 1. The largest absolute Gasteiger partial charge is 0.508 e. The number of ether oxygens (including phenoxy) is 4. The molecule has 44 heavy (non-hydrogen) atoms. The fourth-order valence-corrected chi connectivity index (χ4v) is 5.50. The Morgan fingerprint density at radius 2 is 1.55 bits per heavy atom. The number of ketones is 1. The van der Waals surface area contributed by atoms with E-state index in [9.17, 15) is 81.1 Å². The van der Waals surface area contributed by atoms with Crippen molar-refractivity contribution in [1.82, 2.24) is 0 Å². The van der Waals surface area contributed by atoms with Crippen LogP contribution in [0.5, 0.6) is 0 Å². The van der Waals surface area contributed by atoms with Crippen molar-refractivity contribution >= 4 is 11.8 Å². The van der Waals surface area contributed by atoms with Crippen LogP contribution in [0.4, 0.5) is 0 Å². The maximum Gasteiger partial charge on any atom is 0.335 e. The average Bonchev–Trinajstić information content (AvgIpc) is 2.97. The van der Waals surface area contributed by atoms with E-state index in [0.29, 0.717) is 0 Å². The lowest BCUT2D eigenvalue weighted by Crippen LogP contribution is -2.68. The Balaban J connectivity index is 1.71. The van der Waals surface area contributed by atoms with Crippen molar-refractivity contribution in [1.29, 1.82) is 0 Å². The number of aliphatic hydroxyl groups excluding tert-OH is 12. The van der Waals surface area contributed by atoms with Crippen LogP contribution in [0.1, 0.15) is 0 Å². The molecule has 1 aliphatic carbocycles. The highest BCUT2D eigenvalue weighted by molar-refractivity contribution is 6.02. The van der Waals surface area contributed by atoms with E-state index in [0.717, 1.165) is 0 Å². The molecule has 0 amide bonds. The number of rotatable bonds is 7. The molecule has 14 N–H and O–H groups in total.